The molecule has 0 atom stereocenters. The van der Waals surface area contributed by atoms with E-state index in [-0.39, 0.29) is 10.9 Å². The lowest BCUT2D eigenvalue weighted by Crippen LogP contribution is -2.13. The first-order chi connectivity index (χ1) is 12.1. The summed E-state index contributed by atoms with van der Waals surface area (Å²) in [6.07, 6.45) is 4.47. The van der Waals surface area contributed by atoms with Gasteiger partial charge in [0.05, 0.1) is 31.1 Å². The monoisotopic (exact) mass is 359 g/mol. The van der Waals surface area contributed by atoms with Crippen LogP contribution < -0.4 is 14.8 Å². The van der Waals surface area contributed by atoms with E-state index in [9.17, 15) is 4.79 Å². The molecule has 0 saturated heterocycles. The molecular formula is C16H14ClN5O3. The third-order valence-electron chi connectivity index (χ3n) is 3.35. The summed E-state index contributed by atoms with van der Waals surface area (Å²) < 4.78 is 11.9. The number of pyridine rings is 1. The quantitative estimate of drug-likeness (QED) is 0.752. The molecular weight excluding hydrogens is 346 g/mol. The van der Waals surface area contributed by atoms with Crippen molar-refractivity contribution < 1.29 is 14.3 Å². The van der Waals surface area contributed by atoms with Crippen molar-refractivity contribution in [1.82, 2.24) is 19.7 Å². The Bertz CT molecular complexity index is 882. The standard InChI is InChI=1S/C16H14ClN5O3/c1-24-13-6-10(5-12(17)15(13)25-2)16(23)21-11-3-4-14(19-7-11)22-9-18-8-20-22/h3-9H,1-2H3,(H,21,23). The molecule has 0 aliphatic carbocycles. The highest BCUT2D eigenvalue weighted by Crippen LogP contribution is 2.36. The molecule has 128 valence electrons. The molecule has 0 aliphatic heterocycles. The number of hydrogen-bond donors (Lipinski definition) is 1. The topological polar surface area (TPSA) is 91.2 Å². The van der Waals surface area contributed by atoms with E-state index in [0.29, 0.717) is 28.6 Å². The molecule has 2 heterocycles. The van der Waals surface area contributed by atoms with E-state index in [1.54, 1.807) is 18.2 Å². The van der Waals surface area contributed by atoms with Gasteiger partial charge in [-0.05, 0) is 24.3 Å². The first kappa shape index (κ1) is 16.7. The zero-order valence-electron chi connectivity index (χ0n) is 13.4. The molecule has 2 aromatic heterocycles. The minimum absolute atomic E-state index is 0.284. The van der Waals surface area contributed by atoms with Gasteiger partial charge in [-0.25, -0.2) is 14.6 Å². The van der Waals surface area contributed by atoms with Crippen molar-refractivity contribution in [3.63, 3.8) is 0 Å². The van der Waals surface area contributed by atoms with Crippen LogP contribution in [0.4, 0.5) is 5.69 Å². The molecule has 1 aromatic carbocycles. The van der Waals surface area contributed by atoms with Gasteiger partial charge in [-0.15, -0.1) is 0 Å². The van der Waals surface area contributed by atoms with Crippen molar-refractivity contribution >= 4 is 23.2 Å². The van der Waals surface area contributed by atoms with Crippen molar-refractivity contribution in [3.8, 4) is 17.3 Å². The van der Waals surface area contributed by atoms with E-state index < -0.39 is 0 Å². The Hall–Kier alpha value is -3.13. The second kappa shape index (κ2) is 7.18. The van der Waals surface area contributed by atoms with Crippen LogP contribution in [-0.2, 0) is 0 Å². The highest BCUT2D eigenvalue weighted by molar-refractivity contribution is 6.32. The number of amides is 1. The number of benzene rings is 1. The number of hydrogen-bond acceptors (Lipinski definition) is 6. The van der Waals surface area contributed by atoms with Crippen LogP contribution in [0.5, 0.6) is 11.5 Å². The Kier molecular flexibility index (Phi) is 4.80. The molecule has 3 aromatic rings. The number of carbonyl (C=O) groups excluding carboxylic acids is 1. The Morgan fingerprint density at radius 2 is 2.08 bits per heavy atom. The van der Waals surface area contributed by atoms with Crippen LogP contribution in [0, 0.1) is 0 Å². The number of anilines is 1. The van der Waals surface area contributed by atoms with Crippen LogP contribution >= 0.6 is 11.6 Å². The van der Waals surface area contributed by atoms with Gasteiger partial charge in [0.2, 0.25) is 0 Å². The Labute approximate surface area is 148 Å². The number of nitrogens with zero attached hydrogens (tertiary/aromatic N) is 4. The lowest BCUT2D eigenvalue weighted by Gasteiger charge is -2.12. The van der Waals surface area contributed by atoms with Gasteiger partial charge in [0.25, 0.3) is 5.91 Å². The lowest BCUT2D eigenvalue weighted by molar-refractivity contribution is 0.102. The average Bonchev–Trinajstić information content (AvgIpc) is 3.16. The third kappa shape index (κ3) is 3.53. The zero-order chi connectivity index (χ0) is 17.8. The Balaban J connectivity index is 1.79. The molecule has 1 N–H and O–H groups in total. The summed E-state index contributed by atoms with van der Waals surface area (Å²) >= 11 is 6.13. The summed E-state index contributed by atoms with van der Waals surface area (Å²) in [5.74, 6) is 0.988. The SMILES string of the molecule is COc1cc(C(=O)Nc2ccc(-n3cncn3)nc2)cc(Cl)c1OC. The average molecular weight is 360 g/mol. The van der Waals surface area contributed by atoms with Gasteiger partial charge in [0.1, 0.15) is 12.7 Å². The van der Waals surface area contributed by atoms with Gasteiger partial charge < -0.3 is 14.8 Å². The van der Waals surface area contributed by atoms with E-state index in [1.807, 2.05) is 0 Å². The number of ether oxygens (including phenoxy) is 2. The van der Waals surface area contributed by atoms with Gasteiger partial charge in [0, 0.05) is 5.56 Å². The first-order valence-corrected chi connectivity index (χ1v) is 7.54. The minimum Gasteiger partial charge on any atom is -0.493 e. The number of aromatic nitrogens is 4. The number of carbonyl (C=O) groups is 1. The molecule has 0 bridgehead atoms. The summed E-state index contributed by atoms with van der Waals surface area (Å²) in [4.78, 5) is 20.5. The van der Waals surface area contributed by atoms with Gasteiger partial charge in [-0.3, -0.25) is 4.79 Å². The molecule has 1 amide bonds. The Morgan fingerprint density at radius 1 is 1.24 bits per heavy atom. The van der Waals surface area contributed by atoms with Crippen LogP contribution in [-0.4, -0.2) is 39.9 Å². The summed E-state index contributed by atoms with van der Waals surface area (Å²) in [7, 11) is 2.95. The predicted molar refractivity (Wildman–Crippen MR) is 91.7 cm³/mol. The number of nitrogens with one attached hydrogen (secondary N) is 1. The highest BCUT2D eigenvalue weighted by Gasteiger charge is 2.15. The third-order valence-corrected chi connectivity index (χ3v) is 3.64. The molecule has 9 heteroatoms. The number of rotatable bonds is 5. The fourth-order valence-electron chi connectivity index (χ4n) is 2.17. The lowest BCUT2D eigenvalue weighted by atomic mass is 10.2. The second-order valence-corrected chi connectivity index (χ2v) is 5.30. The predicted octanol–water partition coefficient (Wildman–Crippen LogP) is 2.59. The van der Waals surface area contributed by atoms with Crippen LogP contribution in [0.2, 0.25) is 5.02 Å². The summed E-state index contributed by atoms with van der Waals surface area (Å²) in [5.41, 5.74) is 0.864. The molecule has 0 fully saturated rings. The smallest absolute Gasteiger partial charge is 0.255 e. The van der Waals surface area contributed by atoms with Gasteiger partial charge in [0.15, 0.2) is 17.3 Å². The molecule has 3 rings (SSSR count). The minimum atomic E-state index is -0.349. The van der Waals surface area contributed by atoms with Crippen molar-refractivity contribution in [3.05, 3.63) is 53.7 Å². The van der Waals surface area contributed by atoms with E-state index in [0.717, 1.165) is 0 Å². The molecule has 0 saturated carbocycles. The zero-order valence-corrected chi connectivity index (χ0v) is 14.2. The summed E-state index contributed by atoms with van der Waals surface area (Å²) in [5, 5.41) is 7.01. The molecule has 25 heavy (non-hydrogen) atoms. The summed E-state index contributed by atoms with van der Waals surface area (Å²) in [6.45, 7) is 0. The number of halogens is 1. The normalized spacial score (nSPS) is 10.4. The van der Waals surface area contributed by atoms with Gasteiger partial charge >= 0.3 is 0 Å². The van der Waals surface area contributed by atoms with E-state index >= 15 is 0 Å². The van der Waals surface area contributed by atoms with E-state index in [4.69, 9.17) is 21.1 Å². The maximum absolute atomic E-state index is 12.4. The molecule has 0 radical (unpaired) electrons. The van der Waals surface area contributed by atoms with Crippen molar-refractivity contribution in [2.24, 2.45) is 0 Å². The maximum atomic E-state index is 12.4. The Morgan fingerprint density at radius 3 is 2.68 bits per heavy atom. The number of methoxy groups -OCH3 is 2. The fraction of sp³-hybridized carbons (Fsp3) is 0.125. The fourth-order valence-corrected chi connectivity index (χ4v) is 2.46. The van der Waals surface area contributed by atoms with Crippen molar-refractivity contribution in [2.45, 2.75) is 0 Å². The molecule has 0 unspecified atom stereocenters. The van der Waals surface area contributed by atoms with Gasteiger partial charge in [-0.2, -0.15) is 5.10 Å². The largest absolute Gasteiger partial charge is 0.493 e. The van der Waals surface area contributed by atoms with Crippen LogP contribution in [0.1, 0.15) is 10.4 Å². The van der Waals surface area contributed by atoms with E-state index in [1.165, 1.54) is 43.8 Å². The van der Waals surface area contributed by atoms with Crippen LogP contribution in [0.3, 0.4) is 0 Å². The van der Waals surface area contributed by atoms with Crippen molar-refractivity contribution in [1.29, 1.82) is 0 Å². The molecule has 0 aliphatic rings. The molecule has 8 nitrogen and oxygen atoms in total. The first-order valence-electron chi connectivity index (χ1n) is 7.16. The summed E-state index contributed by atoms with van der Waals surface area (Å²) in [6, 6.07) is 6.49. The highest BCUT2D eigenvalue weighted by atomic mass is 35.5. The van der Waals surface area contributed by atoms with E-state index in [2.05, 4.69) is 20.4 Å². The molecule has 0 spiro atoms. The van der Waals surface area contributed by atoms with Gasteiger partial charge in [-0.1, -0.05) is 11.6 Å². The maximum Gasteiger partial charge on any atom is 0.255 e. The van der Waals surface area contributed by atoms with Crippen molar-refractivity contribution in [2.75, 3.05) is 19.5 Å². The van der Waals surface area contributed by atoms with Crippen LogP contribution in [0.15, 0.2) is 43.1 Å². The second-order valence-electron chi connectivity index (χ2n) is 4.89. The van der Waals surface area contributed by atoms with Crippen LogP contribution in [0.25, 0.3) is 5.82 Å².